The van der Waals surface area contributed by atoms with Gasteiger partial charge >= 0.3 is 0 Å². The summed E-state index contributed by atoms with van der Waals surface area (Å²) in [6.45, 7) is 2.08. The van der Waals surface area contributed by atoms with Gasteiger partial charge in [0.05, 0.1) is 9.92 Å². The van der Waals surface area contributed by atoms with Crippen molar-refractivity contribution in [3.8, 4) is 0 Å². The van der Waals surface area contributed by atoms with Crippen LogP contribution < -0.4 is 4.72 Å². The molecule has 0 saturated carbocycles. The van der Waals surface area contributed by atoms with Gasteiger partial charge in [0.25, 0.3) is 0 Å². The van der Waals surface area contributed by atoms with E-state index in [4.69, 9.17) is 11.6 Å². The zero-order valence-corrected chi connectivity index (χ0v) is 14.5. The third-order valence-electron chi connectivity index (χ3n) is 2.61. The van der Waals surface area contributed by atoms with Crippen molar-refractivity contribution in [1.29, 1.82) is 0 Å². The number of hydrogen-bond acceptors (Lipinski definition) is 3. The van der Waals surface area contributed by atoms with Crippen molar-refractivity contribution in [2.45, 2.75) is 23.5 Å². The van der Waals surface area contributed by atoms with Crippen LogP contribution in [0.1, 0.15) is 13.3 Å². The molecule has 108 valence electrons. The van der Waals surface area contributed by atoms with Crippen LogP contribution >= 0.6 is 27.5 Å². The minimum absolute atomic E-state index is 0.0420. The third-order valence-corrected chi connectivity index (χ3v) is 6.65. The van der Waals surface area contributed by atoms with Gasteiger partial charge in [-0.1, -0.05) is 18.5 Å². The summed E-state index contributed by atoms with van der Waals surface area (Å²) in [5.41, 5.74) is 0. The highest BCUT2D eigenvalue weighted by atomic mass is 79.9. The molecule has 0 aromatic heterocycles. The zero-order chi connectivity index (χ0) is 14.6. The van der Waals surface area contributed by atoms with Gasteiger partial charge < -0.3 is 0 Å². The van der Waals surface area contributed by atoms with Crippen LogP contribution in [-0.4, -0.2) is 30.7 Å². The van der Waals surface area contributed by atoms with Crippen LogP contribution in [0.4, 0.5) is 0 Å². The first kappa shape index (κ1) is 17.1. The van der Waals surface area contributed by atoms with Crippen LogP contribution in [-0.2, 0) is 20.8 Å². The molecule has 2 unspecified atom stereocenters. The van der Waals surface area contributed by atoms with Crippen LogP contribution in [0.3, 0.4) is 0 Å². The maximum Gasteiger partial charge on any atom is 0.240 e. The van der Waals surface area contributed by atoms with E-state index in [0.29, 0.717) is 15.9 Å². The fraction of sp³-hybridized carbons (Fsp3) is 0.455. The summed E-state index contributed by atoms with van der Waals surface area (Å²) >= 11 is 9.00. The maximum absolute atomic E-state index is 12.0. The van der Waals surface area contributed by atoms with Gasteiger partial charge in [-0.25, -0.2) is 13.1 Å². The lowest BCUT2D eigenvalue weighted by Gasteiger charge is -2.10. The second-order valence-electron chi connectivity index (χ2n) is 4.07. The molecule has 1 aromatic carbocycles. The largest absolute Gasteiger partial charge is 0.260 e. The van der Waals surface area contributed by atoms with Gasteiger partial charge in [0.1, 0.15) is 0 Å². The summed E-state index contributed by atoms with van der Waals surface area (Å²) in [7, 11) is -4.51. The van der Waals surface area contributed by atoms with E-state index < -0.39 is 20.8 Å². The first-order valence-corrected chi connectivity index (χ1v) is 9.78. The first-order valence-electron chi connectivity index (χ1n) is 5.51. The molecule has 0 amide bonds. The normalized spacial score (nSPS) is 15.2. The fourth-order valence-corrected chi connectivity index (χ4v) is 3.46. The molecule has 8 heteroatoms. The van der Waals surface area contributed by atoms with Gasteiger partial charge in [-0.05, 0) is 40.5 Å². The smallest absolute Gasteiger partial charge is 0.240 e. The lowest BCUT2D eigenvalue weighted by atomic mass is 10.3. The summed E-state index contributed by atoms with van der Waals surface area (Å²) in [5, 5.41) is 0.411. The number of sulfonamides is 1. The van der Waals surface area contributed by atoms with E-state index in [-0.39, 0.29) is 16.7 Å². The molecule has 19 heavy (non-hydrogen) atoms. The second kappa shape index (κ2) is 7.17. The SMILES string of the molecule is CC(CCNS(=O)(=O)c1ccc(Cl)c(Br)c1)S(C)=O. The van der Waals surface area contributed by atoms with Gasteiger partial charge in [0.2, 0.25) is 10.0 Å². The Hall–Kier alpha value is 0.0500. The van der Waals surface area contributed by atoms with Crippen molar-refractivity contribution in [3.05, 3.63) is 27.7 Å². The monoisotopic (exact) mass is 387 g/mol. The zero-order valence-electron chi connectivity index (χ0n) is 10.5. The Morgan fingerprint density at radius 2 is 2.11 bits per heavy atom. The van der Waals surface area contributed by atoms with E-state index in [1.165, 1.54) is 18.2 Å². The maximum atomic E-state index is 12.0. The molecule has 1 rings (SSSR count). The summed E-state index contributed by atoms with van der Waals surface area (Å²) in [5.74, 6) is 0. The summed E-state index contributed by atoms with van der Waals surface area (Å²) in [6.07, 6.45) is 2.13. The van der Waals surface area contributed by atoms with Crippen molar-refractivity contribution in [2.24, 2.45) is 0 Å². The second-order valence-corrected chi connectivity index (χ2v) is 8.90. The van der Waals surface area contributed by atoms with Crippen LogP contribution in [0.5, 0.6) is 0 Å². The van der Waals surface area contributed by atoms with Crippen LogP contribution in [0.25, 0.3) is 0 Å². The van der Waals surface area contributed by atoms with Gasteiger partial charge in [0, 0.05) is 33.3 Å². The number of halogens is 2. The van der Waals surface area contributed by atoms with Crippen LogP contribution in [0.15, 0.2) is 27.6 Å². The molecule has 0 saturated heterocycles. The Kier molecular flexibility index (Phi) is 6.46. The number of benzene rings is 1. The van der Waals surface area contributed by atoms with Crippen LogP contribution in [0.2, 0.25) is 5.02 Å². The fourth-order valence-electron chi connectivity index (χ4n) is 1.29. The standard InChI is InChI=1S/C11H15BrClNO3S2/c1-8(18(2)15)5-6-14-19(16,17)9-3-4-11(13)10(12)7-9/h3-4,7-8,14H,5-6H2,1-2H3. The van der Waals surface area contributed by atoms with Crippen molar-refractivity contribution >= 4 is 48.4 Å². The molecule has 0 radical (unpaired) electrons. The number of rotatable bonds is 6. The highest BCUT2D eigenvalue weighted by Crippen LogP contribution is 2.25. The first-order chi connectivity index (χ1) is 8.74. The predicted molar refractivity (Wildman–Crippen MR) is 82.5 cm³/mol. The van der Waals surface area contributed by atoms with Crippen molar-refractivity contribution in [1.82, 2.24) is 4.72 Å². The average Bonchev–Trinajstić information content (AvgIpc) is 2.32. The van der Waals surface area contributed by atoms with E-state index in [2.05, 4.69) is 20.7 Å². The number of hydrogen-bond donors (Lipinski definition) is 1. The quantitative estimate of drug-likeness (QED) is 0.814. The highest BCUT2D eigenvalue weighted by molar-refractivity contribution is 9.10. The lowest BCUT2D eigenvalue weighted by Crippen LogP contribution is -2.27. The van der Waals surface area contributed by atoms with Crippen LogP contribution in [0, 0.1) is 0 Å². The molecule has 2 atom stereocenters. The summed E-state index contributed by atoms with van der Waals surface area (Å²) in [4.78, 5) is 0.147. The highest BCUT2D eigenvalue weighted by Gasteiger charge is 2.15. The Labute approximate surface area is 129 Å². The third kappa shape index (κ3) is 5.15. The molecule has 4 nitrogen and oxygen atoms in total. The Balaban J connectivity index is 2.71. The topological polar surface area (TPSA) is 63.2 Å². The van der Waals surface area contributed by atoms with E-state index in [1.54, 1.807) is 6.26 Å². The van der Waals surface area contributed by atoms with Crippen molar-refractivity contribution in [3.63, 3.8) is 0 Å². The Bertz CT molecular complexity index is 577. The van der Waals surface area contributed by atoms with Gasteiger partial charge in [0.15, 0.2) is 0 Å². The molecule has 0 aliphatic carbocycles. The van der Waals surface area contributed by atoms with E-state index in [0.717, 1.165) is 0 Å². The molecule has 0 fully saturated rings. The molecule has 0 aliphatic rings. The van der Waals surface area contributed by atoms with E-state index in [9.17, 15) is 12.6 Å². The molecule has 1 aromatic rings. The molecule has 0 heterocycles. The molecular weight excluding hydrogens is 374 g/mol. The van der Waals surface area contributed by atoms with Crippen molar-refractivity contribution < 1.29 is 12.6 Å². The predicted octanol–water partition coefficient (Wildman–Crippen LogP) is 2.54. The Morgan fingerprint density at radius 1 is 1.47 bits per heavy atom. The summed E-state index contributed by atoms with van der Waals surface area (Å²) in [6, 6.07) is 4.41. The van der Waals surface area contributed by atoms with Gasteiger partial charge in [-0.2, -0.15) is 0 Å². The molecule has 0 bridgehead atoms. The van der Waals surface area contributed by atoms with E-state index in [1.807, 2.05) is 6.92 Å². The Morgan fingerprint density at radius 3 is 2.63 bits per heavy atom. The van der Waals surface area contributed by atoms with E-state index >= 15 is 0 Å². The molecule has 0 spiro atoms. The minimum atomic E-state index is -3.56. The van der Waals surface area contributed by atoms with Gasteiger partial charge in [-0.15, -0.1) is 0 Å². The average molecular weight is 389 g/mol. The van der Waals surface area contributed by atoms with Gasteiger partial charge in [-0.3, -0.25) is 4.21 Å². The minimum Gasteiger partial charge on any atom is -0.260 e. The lowest BCUT2D eigenvalue weighted by molar-refractivity contribution is 0.578. The number of nitrogens with one attached hydrogen (secondary N) is 1. The summed E-state index contributed by atoms with van der Waals surface area (Å²) < 4.78 is 38.2. The molecule has 0 aliphatic heterocycles. The molecular formula is C11H15BrClNO3S2. The molecule has 1 N–H and O–H groups in total. The van der Waals surface area contributed by atoms with Crippen molar-refractivity contribution in [2.75, 3.05) is 12.8 Å².